The number of nitrogens with zero attached hydrogens (tertiary/aromatic N) is 1. The molecule has 0 aromatic heterocycles. The van der Waals surface area contributed by atoms with Crippen molar-refractivity contribution in [2.24, 2.45) is 0 Å². The number of amides is 1. The van der Waals surface area contributed by atoms with Gasteiger partial charge < -0.3 is 5.32 Å². The molecule has 0 fully saturated rings. The second kappa shape index (κ2) is 10.7. The van der Waals surface area contributed by atoms with Crippen molar-refractivity contribution in [1.29, 1.82) is 0 Å². The highest BCUT2D eigenvalue weighted by Gasteiger charge is 2.34. The van der Waals surface area contributed by atoms with Gasteiger partial charge in [0.1, 0.15) is 6.54 Å². The van der Waals surface area contributed by atoms with Gasteiger partial charge in [0, 0.05) is 6.26 Å². The van der Waals surface area contributed by atoms with Crippen LogP contribution in [-0.4, -0.2) is 35.5 Å². The molecule has 0 spiro atoms. The van der Waals surface area contributed by atoms with Crippen LogP contribution in [0.3, 0.4) is 0 Å². The molecule has 3 aromatic rings. The normalized spacial score (nSPS) is 13.1. The van der Waals surface area contributed by atoms with Gasteiger partial charge in [-0.05, 0) is 55.0 Å². The first-order chi connectivity index (χ1) is 17.1. The zero-order chi connectivity index (χ0) is 27.6. The van der Waals surface area contributed by atoms with E-state index in [1.165, 1.54) is 48.5 Å². The van der Waals surface area contributed by atoms with E-state index in [0.29, 0.717) is 22.0 Å². The van der Waals surface area contributed by atoms with Crippen molar-refractivity contribution in [3.05, 3.63) is 88.9 Å². The second-order valence-electron chi connectivity index (χ2n) is 8.12. The van der Waals surface area contributed by atoms with Gasteiger partial charge >= 0.3 is 6.18 Å². The lowest BCUT2D eigenvalue weighted by Gasteiger charge is -2.26. The number of sulfonamides is 1. The molecule has 0 radical (unpaired) electrons. The first kappa shape index (κ1) is 28.5. The molecule has 1 N–H and O–H groups in total. The lowest BCUT2D eigenvalue weighted by atomic mass is 10.1. The Morgan fingerprint density at radius 2 is 1.54 bits per heavy atom. The monoisotopic (exact) mass is 574 g/mol. The van der Waals surface area contributed by atoms with E-state index in [0.717, 1.165) is 12.3 Å². The summed E-state index contributed by atoms with van der Waals surface area (Å²) < 4.78 is 90.8. The summed E-state index contributed by atoms with van der Waals surface area (Å²) in [5.74, 6) is -0.826. The molecular weight excluding hydrogens is 553 g/mol. The number of carbonyl (C=O) groups is 1. The van der Waals surface area contributed by atoms with Crippen molar-refractivity contribution < 1.29 is 34.8 Å². The average molecular weight is 575 g/mol. The van der Waals surface area contributed by atoms with Gasteiger partial charge in [0.15, 0.2) is 9.84 Å². The van der Waals surface area contributed by atoms with Crippen molar-refractivity contribution in [3.63, 3.8) is 0 Å². The standard InChI is InChI=1S/C24H22ClF3N2O5S2/c1-16(17-8-11-19(12-9-17)36(2,32)33)29-23(31)15-30(37(34,35)20-6-4-3-5-7-20)22-14-18(24(26,27)28)10-13-21(22)25/h3-14,16H,15H2,1-2H3,(H,29,31). The molecule has 1 atom stereocenters. The Morgan fingerprint density at radius 1 is 0.946 bits per heavy atom. The fraction of sp³-hybridized carbons (Fsp3) is 0.208. The van der Waals surface area contributed by atoms with Crippen molar-refractivity contribution in [3.8, 4) is 0 Å². The van der Waals surface area contributed by atoms with E-state index in [-0.39, 0.29) is 14.8 Å². The second-order valence-corrected chi connectivity index (χ2v) is 12.4. The van der Waals surface area contributed by atoms with Gasteiger partial charge in [-0.25, -0.2) is 16.8 Å². The molecule has 0 aliphatic carbocycles. The third-order valence-electron chi connectivity index (χ3n) is 5.35. The molecule has 13 heteroatoms. The Morgan fingerprint density at radius 3 is 2.08 bits per heavy atom. The molecule has 37 heavy (non-hydrogen) atoms. The van der Waals surface area contributed by atoms with Crippen LogP contribution in [0.15, 0.2) is 82.6 Å². The Bertz CT molecular complexity index is 1500. The molecule has 1 amide bonds. The number of carbonyl (C=O) groups excluding carboxylic acids is 1. The Hall–Kier alpha value is -3.09. The summed E-state index contributed by atoms with van der Waals surface area (Å²) in [6, 6.07) is 14.1. The van der Waals surface area contributed by atoms with Crippen LogP contribution >= 0.6 is 11.6 Å². The minimum atomic E-state index is -4.78. The topological polar surface area (TPSA) is 101 Å². The Labute approximate surface area is 217 Å². The highest BCUT2D eigenvalue weighted by molar-refractivity contribution is 7.93. The summed E-state index contributed by atoms with van der Waals surface area (Å²) in [5.41, 5.74) is -1.13. The van der Waals surface area contributed by atoms with Crippen LogP contribution in [0.25, 0.3) is 0 Å². The molecule has 0 aliphatic rings. The maximum absolute atomic E-state index is 13.4. The first-order valence-electron chi connectivity index (χ1n) is 10.6. The van der Waals surface area contributed by atoms with Crippen molar-refractivity contribution in [2.45, 2.75) is 28.9 Å². The third kappa shape index (κ3) is 6.82. The molecule has 0 saturated carbocycles. The summed E-state index contributed by atoms with van der Waals surface area (Å²) in [7, 11) is -7.93. The summed E-state index contributed by atoms with van der Waals surface area (Å²) in [5, 5.41) is 2.28. The van der Waals surface area contributed by atoms with Gasteiger partial charge in [0.2, 0.25) is 5.91 Å². The maximum Gasteiger partial charge on any atom is 0.416 e. The molecule has 3 rings (SSSR count). The zero-order valence-corrected chi connectivity index (χ0v) is 21.9. The van der Waals surface area contributed by atoms with Crippen LogP contribution in [0.5, 0.6) is 0 Å². The number of anilines is 1. The molecule has 1 unspecified atom stereocenters. The van der Waals surface area contributed by atoms with E-state index >= 15 is 0 Å². The highest BCUT2D eigenvalue weighted by Crippen LogP contribution is 2.37. The van der Waals surface area contributed by atoms with Gasteiger partial charge in [-0.15, -0.1) is 0 Å². The number of rotatable bonds is 8. The summed E-state index contributed by atoms with van der Waals surface area (Å²) in [6.45, 7) is 0.713. The van der Waals surface area contributed by atoms with Gasteiger partial charge in [-0.1, -0.05) is 41.9 Å². The fourth-order valence-electron chi connectivity index (χ4n) is 3.40. The summed E-state index contributed by atoms with van der Waals surface area (Å²) in [6.07, 6.45) is -3.73. The molecule has 0 heterocycles. The average Bonchev–Trinajstić information content (AvgIpc) is 2.82. The summed E-state index contributed by atoms with van der Waals surface area (Å²) in [4.78, 5) is 12.8. The predicted octanol–water partition coefficient (Wildman–Crippen LogP) is 4.84. The van der Waals surface area contributed by atoms with Crippen LogP contribution in [0.1, 0.15) is 24.1 Å². The smallest absolute Gasteiger partial charge is 0.348 e. The first-order valence-corrected chi connectivity index (χ1v) is 14.4. The Kier molecular flexibility index (Phi) is 8.25. The number of benzene rings is 3. The number of sulfone groups is 1. The minimum Gasteiger partial charge on any atom is -0.348 e. The van der Waals surface area contributed by atoms with Crippen molar-refractivity contribution in [1.82, 2.24) is 5.32 Å². The number of alkyl halides is 3. The summed E-state index contributed by atoms with van der Waals surface area (Å²) >= 11 is 6.12. The number of hydrogen-bond acceptors (Lipinski definition) is 5. The quantitative estimate of drug-likeness (QED) is 0.415. The van der Waals surface area contributed by atoms with Crippen LogP contribution in [0, 0.1) is 0 Å². The Balaban J connectivity index is 1.96. The van der Waals surface area contributed by atoms with Crippen molar-refractivity contribution >= 4 is 43.1 Å². The van der Waals surface area contributed by atoms with E-state index in [4.69, 9.17) is 11.6 Å². The van der Waals surface area contributed by atoms with Crippen LogP contribution in [-0.2, 0) is 30.8 Å². The lowest BCUT2D eigenvalue weighted by molar-refractivity contribution is -0.137. The van der Waals surface area contributed by atoms with E-state index in [1.54, 1.807) is 13.0 Å². The molecule has 0 bridgehead atoms. The highest BCUT2D eigenvalue weighted by atomic mass is 35.5. The minimum absolute atomic E-state index is 0.0779. The molecule has 3 aromatic carbocycles. The fourth-order valence-corrected chi connectivity index (χ4v) is 5.76. The number of hydrogen-bond donors (Lipinski definition) is 1. The van der Waals surface area contributed by atoms with Crippen LogP contribution in [0.2, 0.25) is 5.02 Å². The van der Waals surface area contributed by atoms with Crippen molar-refractivity contribution in [2.75, 3.05) is 17.1 Å². The molecule has 198 valence electrons. The maximum atomic E-state index is 13.4. The van der Waals surface area contributed by atoms with Gasteiger partial charge in [0.25, 0.3) is 10.0 Å². The molecule has 7 nitrogen and oxygen atoms in total. The zero-order valence-electron chi connectivity index (χ0n) is 19.5. The SMILES string of the molecule is CC(NC(=O)CN(c1cc(C(F)(F)F)ccc1Cl)S(=O)(=O)c1ccccc1)c1ccc(S(C)(=O)=O)cc1. The van der Waals surface area contributed by atoms with Gasteiger partial charge in [0.05, 0.1) is 32.1 Å². The van der Waals surface area contributed by atoms with Gasteiger partial charge in [-0.2, -0.15) is 13.2 Å². The molecular formula is C24H22ClF3N2O5S2. The van der Waals surface area contributed by atoms with Crippen LogP contribution < -0.4 is 9.62 Å². The number of nitrogens with one attached hydrogen (secondary N) is 1. The molecule has 0 aliphatic heterocycles. The predicted molar refractivity (Wildman–Crippen MR) is 134 cm³/mol. The van der Waals surface area contributed by atoms with E-state index in [9.17, 15) is 34.8 Å². The van der Waals surface area contributed by atoms with E-state index < -0.39 is 55.8 Å². The van der Waals surface area contributed by atoms with E-state index in [2.05, 4.69) is 5.32 Å². The van der Waals surface area contributed by atoms with Gasteiger partial charge in [-0.3, -0.25) is 9.10 Å². The largest absolute Gasteiger partial charge is 0.416 e. The lowest BCUT2D eigenvalue weighted by Crippen LogP contribution is -2.41. The van der Waals surface area contributed by atoms with E-state index in [1.807, 2.05) is 0 Å². The molecule has 0 saturated heterocycles. The third-order valence-corrected chi connectivity index (χ3v) is 8.57. The number of halogens is 4. The van der Waals surface area contributed by atoms with Crippen LogP contribution in [0.4, 0.5) is 18.9 Å².